The Hall–Kier alpha value is -2.47. The first kappa shape index (κ1) is 15.9. The summed E-state index contributed by atoms with van der Waals surface area (Å²) >= 11 is 5.25. The molecule has 2 N–H and O–H groups in total. The first-order valence-corrected chi connectivity index (χ1v) is 7.27. The minimum Gasteiger partial charge on any atom is -0.462 e. The molecule has 0 saturated heterocycles. The molecule has 1 aromatic carbocycles. The van der Waals surface area contributed by atoms with E-state index in [9.17, 15) is 4.79 Å². The van der Waals surface area contributed by atoms with Crippen molar-refractivity contribution in [3.63, 3.8) is 0 Å². The maximum Gasteiger partial charge on any atom is 0.338 e. The largest absolute Gasteiger partial charge is 0.462 e. The zero-order valence-electron chi connectivity index (χ0n) is 12.4. The minimum absolute atomic E-state index is 0.334. The lowest BCUT2D eigenvalue weighted by Crippen LogP contribution is -2.20. The summed E-state index contributed by atoms with van der Waals surface area (Å²) < 4.78 is 4.94. The fourth-order valence-electron chi connectivity index (χ4n) is 1.79. The van der Waals surface area contributed by atoms with Crippen LogP contribution in [0.1, 0.15) is 22.8 Å². The molecule has 5 nitrogen and oxygen atoms in total. The fraction of sp³-hybridized carbons (Fsp3) is 0.188. The monoisotopic (exact) mass is 315 g/mol. The molecule has 2 rings (SSSR count). The Kier molecular flexibility index (Phi) is 5.43. The Bertz CT molecular complexity index is 671. The summed E-state index contributed by atoms with van der Waals surface area (Å²) in [5, 5.41) is 6.51. The molecule has 0 atom stereocenters. The van der Waals surface area contributed by atoms with E-state index in [0.29, 0.717) is 23.1 Å². The van der Waals surface area contributed by atoms with E-state index >= 15 is 0 Å². The lowest BCUT2D eigenvalue weighted by molar-refractivity contribution is 0.0526. The summed E-state index contributed by atoms with van der Waals surface area (Å²) in [6.07, 6.45) is 1.70. The molecule has 2 aromatic rings. The van der Waals surface area contributed by atoms with E-state index in [4.69, 9.17) is 17.0 Å². The molecule has 1 heterocycles. The van der Waals surface area contributed by atoms with E-state index in [1.54, 1.807) is 37.4 Å². The van der Waals surface area contributed by atoms with Crippen LogP contribution in [0.2, 0.25) is 0 Å². The quantitative estimate of drug-likeness (QED) is 0.666. The summed E-state index contributed by atoms with van der Waals surface area (Å²) in [5.41, 5.74) is 2.29. The number of anilines is 2. The molecule has 6 heteroatoms. The third-order valence-corrected chi connectivity index (χ3v) is 3.10. The maximum atomic E-state index is 11.6. The number of thiocarbonyl (C=S) groups is 1. The van der Waals surface area contributed by atoms with E-state index in [1.165, 1.54) is 0 Å². The minimum atomic E-state index is -0.334. The Labute approximate surface area is 134 Å². The molecular formula is C16H17N3O2S. The number of benzene rings is 1. The molecule has 0 spiro atoms. The smallest absolute Gasteiger partial charge is 0.338 e. The number of aryl methyl sites for hydroxylation is 1. The van der Waals surface area contributed by atoms with Crippen molar-refractivity contribution in [3.8, 4) is 0 Å². The Morgan fingerprint density at radius 2 is 1.95 bits per heavy atom. The number of nitrogens with zero attached hydrogens (tertiary/aromatic N) is 1. The molecule has 0 aliphatic rings. The number of carbonyl (C=O) groups excluding carboxylic acids is 1. The van der Waals surface area contributed by atoms with Crippen molar-refractivity contribution < 1.29 is 9.53 Å². The number of ether oxygens (including phenoxy) is 1. The predicted octanol–water partition coefficient (Wildman–Crippen LogP) is 3.38. The summed E-state index contributed by atoms with van der Waals surface area (Å²) in [4.78, 5) is 15.8. The average Bonchev–Trinajstić information content (AvgIpc) is 2.50. The summed E-state index contributed by atoms with van der Waals surface area (Å²) in [5.74, 6) is 0.377. The van der Waals surface area contributed by atoms with Crippen LogP contribution in [0.25, 0.3) is 0 Å². The van der Waals surface area contributed by atoms with Gasteiger partial charge in [-0.2, -0.15) is 0 Å². The van der Waals surface area contributed by atoms with Gasteiger partial charge in [0.15, 0.2) is 5.11 Å². The second-order valence-electron chi connectivity index (χ2n) is 4.55. The number of pyridine rings is 1. The summed E-state index contributed by atoms with van der Waals surface area (Å²) in [6, 6.07) is 10.7. The number of aromatic nitrogens is 1. The molecule has 0 radical (unpaired) electrons. The zero-order chi connectivity index (χ0) is 15.9. The Morgan fingerprint density at radius 1 is 1.23 bits per heavy atom. The van der Waals surface area contributed by atoms with Gasteiger partial charge in [0, 0.05) is 11.9 Å². The van der Waals surface area contributed by atoms with Gasteiger partial charge < -0.3 is 15.4 Å². The fourth-order valence-corrected chi connectivity index (χ4v) is 2.01. The summed E-state index contributed by atoms with van der Waals surface area (Å²) in [7, 11) is 0. The molecule has 1 aromatic heterocycles. The maximum absolute atomic E-state index is 11.6. The normalized spacial score (nSPS) is 9.91. The van der Waals surface area contributed by atoms with Crippen LogP contribution in [-0.4, -0.2) is 22.7 Å². The Balaban J connectivity index is 1.97. The van der Waals surface area contributed by atoms with Gasteiger partial charge >= 0.3 is 5.97 Å². The number of carbonyl (C=O) groups is 1. The predicted molar refractivity (Wildman–Crippen MR) is 91.2 cm³/mol. The van der Waals surface area contributed by atoms with E-state index in [-0.39, 0.29) is 5.97 Å². The van der Waals surface area contributed by atoms with Gasteiger partial charge in [-0.15, -0.1) is 0 Å². The molecule has 0 fully saturated rings. The molecular weight excluding hydrogens is 298 g/mol. The van der Waals surface area contributed by atoms with Crippen molar-refractivity contribution in [2.24, 2.45) is 0 Å². The molecule has 0 unspecified atom stereocenters. The van der Waals surface area contributed by atoms with E-state index < -0.39 is 0 Å². The molecule has 0 aliphatic carbocycles. The highest BCUT2D eigenvalue weighted by Crippen LogP contribution is 2.13. The van der Waals surface area contributed by atoms with Gasteiger partial charge in [0.25, 0.3) is 0 Å². The van der Waals surface area contributed by atoms with Crippen molar-refractivity contribution in [1.82, 2.24) is 4.98 Å². The van der Waals surface area contributed by atoms with Crippen LogP contribution in [-0.2, 0) is 4.74 Å². The Morgan fingerprint density at radius 3 is 2.59 bits per heavy atom. The number of nitrogens with one attached hydrogen (secondary N) is 2. The first-order chi connectivity index (χ1) is 10.6. The van der Waals surface area contributed by atoms with Crippen LogP contribution in [0.15, 0.2) is 42.6 Å². The second-order valence-corrected chi connectivity index (χ2v) is 4.95. The van der Waals surface area contributed by atoms with Crippen LogP contribution < -0.4 is 10.6 Å². The third kappa shape index (κ3) is 4.26. The van der Waals surface area contributed by atoms with Crippen molar-refractivity contribution in [1.29, 1.82) is 0 Å². The average molecular weight is 315 g/mol. The van der Waals surface area contributed by atoms with Crippen molar-refractivity contribution in [2.45, 2.75) is 13.8 Å². The highest BCUT2D eigenvalue weighted by atomic mass is 32.1. The molecule has 0 aliphatic heterocycles. The van der Waals surface area contributed by atoms with Crippen LogP contribution in [0, 0.1) is 6.92 Å². The van der Waals surface area contributed by atoms with Crippen LogP contribution in [0.3, 0.4) is 0 Å². The molecule has 0 saturated carbocycles. The van der Waals surface area contributed by atoms with Gasteiger partial charge in [0.05, 0.1) is 12.2 Å². The van der Waals surface area contributed by atoms with Crippen molar-refractivity contribution in [3.05, 3.63) is 53.7 Å². The van der Waals surface area contributed by atoms with Crippen molar-refractivity contribution >= 4 is 34.8 Å². The van der Waals surface area contributed by atoms with Crippen LogP contribution in [0.4, 0.5) is 11.5 Å². The van der Waals surface area contributed by atoms with Gasteiger partial charge in [-0.1, -0.05) is 6.07 Å². The molecule has 22 heavy (non-hydrogen) atoms. The van der Waals surface area contributed by atoms with Crippen LogP contribution >= 0.6 is 12.2 Å². The van der Waals surface area contributed by atoms with Gasteiger partial charge in [0.1, 0.15) is 5.82 Å². The SMILES string of the molecule is CCOC(=O)c1ccc(NC(=S)Nc2ncccc2C)cc1. The first-order valence-electron chi connectivity index (χ1n) is 6.87. The zero-order valence-corrected chi connectivity index (χ0v) is 13.2. The van der Waals surface area contributed by atoms with E-state index in [2.05, 4.69) is 15.6 Å². The molecule has 0 bridgehead atoms. The van der Waals surface area contributed by atoms with Crippen LogP contribution in [0.5, 0.6) is 0 Å². The van der Waals surface area contributed by atoms with Gasteiger partial charge in [-0.25, -0.2) is 9.78 Å². The third-order valence-electron chi connectivity index (χ3n) is 2.90. The lowest BCUT2D eigenvalue weighted by Gasteiger charge is -2.11. The van der Waals surface area contributed by atoms with Crippen molar-refractivity contribution in [2.75, 3.05) is 17.2 Å². The van der Waals surface area contributed by atoms with E-state index in [1.807, 2.05) is 19.1 Å². The van der Waals surface area contributed by atoms with E-state index in [0.717, 1.165) is 11.3 Å². The number of rotatable bonds is 4. The second kappa shape index (κ2) is 7.51. The highest BCUT2D eigenvalue weighted by Gasteiger charge is 2.06. The number of hydrogen-bond acceptors (Lipinski definition) is 4. The van der Waals surface area contributed by atoms with Gasteiger partial charge in [-0.05, 0) is 62.0 Å². The molecule has 114 valence electrons. The highest BCUT2D eigenvalue weighted by molar-refractivity contribution is 7.80. The topological polar surface area (TPSA) is 63.2 Å². The number of esters is 1. The standard InChI is InChI=1S/C16H17N3O2S/c1-3-21-15(20)12-6-8-13(9-7-12)18-16(22)19-14-11(2)5-4-10-17-14/h4-10H,3H2,1-2H3,(H2,17,18,19,22). The van der Waals surface area contributed by atoms with Gasteiger partial charge in [0.2, 0.25) is 0 Å². The summed E-state index contributed by atoms with van der Waals surface area (Å²) in [6.45, 7) is 4.08. The van der Waals surface area contributed by atoms with Gasteiger partial charge in [-0.3, -0.25) is 0 Å². The number of hydrogen-bond donors (Lipinski definition) is 2. The molecule has 0 amide bonds. The lowest BCUT2D eigenvalue weighted by atomic mass is 10.2.